The first kappa shape index (κ1) is 11.9. The number of methoxy groups -OCH3 is 1. The molecule has 0 heterocycles. The van der Waals surface area contributed by atoms with Crippen molar-refractivity contribution in [3.63, 3.8) is 0 Å². The number of carboxylic acids is 1. The van der Waals surface area contributed by atoms with Crippen molar-refractivity contribution >= 4 is 23.4 Å². The van der Waals surface area contributed by atoms with Crippen LogP contribution in [-0.4, -0.2) is 24.0 Å². The van der Waals surface area contributed by atoms with Crippen LogP contribution in [0.15, 0.2) is 12.1 Å². The van der Waals surface area contributed by atoms with Gasteiger partial charge in [0.25, 0.3) is 0 Å². The molecule has 0 radical (unpaired) electrons. The Morgan fingerprint density at radius 3 is 2.76 bits per heavy atom. The maximum atomic E-state index is 11.9. The normalized spacial score (nSPS) is 18.7. The van der Waals surface area contributed by atoms with Crippen molar-refractivity contribution in [2.24, 2.45) is 5.92 Å². The number of rotatable bonds is 2. The van der Waals surface area contributed by atoms with Gasteiger partial charge in [-0.15, -0.1) is 0 Å². The summed E-state index contributed by atoms with van der Waals surface area (Å²) < 4.78 is 5.11. The molecule has 0 fully saturated rings. The number of Topliss-reactive ketones (excluding diaryl/α,β-unsaturated/α-hetero) is 1. The van der Waals surface area contributed by atoms with Crippen molar-refractivity contribution in [2.75, 3.05) is 7.11 Å². The molecule has 1 unspecified atom stereocenters. The first-order valence-corrected chi connectivity index (χ1v) is 5.53. The minimum absolute atomic E-state index is 0.000957. The molecule has 1 aliphatic carbocycles. The predicted molar refractivity (Wildman–Crippen MR) is 61.8 cm³/mol. The SMILES string of the molecule is COc1ccc(Cl)c2c1C(=O)CC(C(=O)O)C2. The Morgan fingerprint density at radius 1 is 1.47 bits per heavy atom. The zero-order valence-electron chi connectivity index (χ0n) is 9.20. The Labute approximate surface area is 103 Å². The third-order valence-electron chi connectivity index (χ3n) is 2.95. The molecule has 0 spiro atoms. The first-order valence-electron chi connectivity index (χ1n) is 5.16. The van der Waals surface area contributed by atoms with Gasteiger partial charge in [-0.05, 0) is 24.1 Å². The Bertz CT molecular complexity index is 496. The summed E-state index contributed by atoms with van der Waals surface area (Å²) in [5.74, 6) is -1.43. The minimum Gasteiger partial charge on any atom is -0.496 e. The van der Waals surface area contributed by atoms with Gasteiger partial charge in [0.2, 0.25) is 0 Å². The van der Waals surface area contributed by atoms with Crippen molar-refractivity contribution in [1.29, 1.82) is 0 Å². The van der Waals surface area contributed by atoms with Crippen molar-refractivity contribution in [3.8, 4) is 5.75 Å². The van der Waals surface area contributed by atoms with Crippen LogP contribution < -0.4 is 4.74 Å². The smallest absolute Gasteiger partial charge is 0.307 e. The fourth-order valence-electron chi connectivity index (χ4n) is 2.10. The number of aliphatic carboxylic acids is 1. The molecule has 90 valence electrons. The van der Waals surface area contributed by atoms with Gasteiger partial charge in [0.05, 0.1) is 18.6 Å². The van der Waals surface area contributed by atoms with Crippen LogP contribution in [0.25, 0.3) is 0 Å². The van der Waals surface area contributed by atoms with Crippen LogP contribution in [-0.2, 0) is 11.2 Å². The van der Waals surface area contributed by atoms with Crippen LogP contribution in [0.1, 0.15) is 22.3 Å². The molecule has 1 aliphatic rings. The lowest BCUT2D eigenvalue weighted by Crippen LogP contribution is -2.27. The van der Waals surface area contributed by atoms with E-state index in [1.54, 1.807) is 12.1 Å². The molecule has 0 aliphatic heterocycles. The van der Waals surface area contributed by atoms with Crippen molar-refractivity contribution < 1.29 is 19.4 Å². The van der Waals surface area contributed by atoms with Crippen LogP contribution >= 0.6 is 11.6 Å². The number of carbonyl (C=O) groups excluding carboxylic acids is 1. The molecule has 2 rings (SSSR count). The van der Waals surface area contributed by atoms with Crippen molar-refractivity contribution in [1.82, 2.24) is 0 Å². The number of ketones is 1. The summed E-state index contributed by atoms with van der Waals surface area (Å²) in [6.45, 7) is 0. The van der Waals surface area contributed by atoms with E-state index >= 15 is 0 Å². The summed E-state index contributed by atoms with van der Waals surface area (Å²) in [6, 6.07) is 3.25. The first-order chi connectivity index (χ1) is 8.04. The van der Waals surface area contributed by atoms with E-state index in [2.05, 4.69) is 0 Å². The van der Waals surface area contributed by atoms with Gasteiger partial charge >= 0.3 is 5.97 Å². The second-order valence-corrected chi connectivity index (χ2v) is 4.38. The van der Waals surface area contributed by atoms with Gasteiger partial charge in [-0.25, -0.2) is 0 Å². The van der Waals surface area contributed by atoms with Crippen LogP contribution in [0.4, 0.5) is 0 Å². The molecule has 5 heteroatoms. The van der Waals surface area contributed by atoms with Crippen LogP contribution in [0, 0.1) is 5.92 Å². The third kappa shape index (κ3) is 2.00. The average molecular weight is 255 g/mol. The van der Waals surface area contributed by atoms with Crippen LogP contribution in [0.3, 0.4) is 0 Å². The molecule has 0 saturated heterocycles. The van der Waals surface area contributed by atoms with Crippen molar-refractivity contribution in [3.05, 3.63) is 28.3 Å². The van der Waals surface area contributed by atoms with Gasteiger partial charge in [0.15, 0.2) is 5.78 Å². The van der Waals surface area contributed by atoms with E-state index in [9.17, 15) is 9.59 Å². The molecule has 1 aromatic carbocycles. The highest BCUT2D eigenvalue weighted by atomic mass is 35.5. The van der Waals surface area contributed by atoms with E-state index < -0.39 is 11.9 Å². The lowest BCUT2D eigenvalue weighted by atomic mass is 9.82. The quantitative estimate of drug-likeness (QED) is 0.879. The fraction of sp³-hybridized carbons (Fsp3) is 0.333. The molecule has 1 aromatic rings. The number of benzene rings is 1. The second kappa shape index (κ2) is 4.37. The van der Waals surface area contributed by atoms with E-state index in [0.29, 0.717) is 21.9 Å². The summed E-state index contributed by atoms with van der Waals surface area (Å²) in [7, 11) is 1.47. The molecule has 4 nitrogen and oxygen atoms in total. The van der Waals surface area contributed by atoms with Crippen LogP contribution in [0.5, 0.6) is 5.75 Å². The number of hydrogen-bond acceptors (Lipinski definition) is 3. The van der Waals surface area contributed by atoms with E-state index in [0.717, 1.165) is 0 Å². The lowest BCUT2D eigenvalue weighted by Gasteiger charge is -2.23. The van der Waals surface area contributed by atoms with Gasteiger partial charge in [0, 0.05) is 11.4 Å². The van der Waals surface area contributed by atoms with E-state index in [4.69, 9.17) is 21.4 Å². The predicted octanol–water partition coefficient (Wildman–Crippen LogP) is 2.18. The van der Waals surface area contributed by atoms with Gasteiger partial charge < -0.3 is 9.84 Å². The van der Waals surface area contributed by atoms with E-state index in [1.807, 2.05) is 0 Å². The number of hydrogen-bond donors (Lipinski definition) is 1. The van der Waals surface area contributed by atoms with Crippen LogP contribution in [0.2, 0.25) is 5.02 Å². The topological polar surface area (TPSA) is 63.6 Å². The lowest BCUT2D eigenvalue weighted by molar-refractivity contribution is -0.141. The second-order valence-electron chi connectivity index (χ2n) is 3.97. The largest absolute Gasteiger partial charge is 0.496 e. The maximum absolute atomic E-state index is 11.9. The molecule has 17 heavy (non-hydrogen) atoms. The fourth-order valence-corrected chi connectivity index (χ4v) is 2.33. The molecule has 0 bridgehead atoms. The Kier molecular flexibility index (Phi) is 3.07. The Hall–Kier alpha value is -1.55. The number of carboxylic acid groups (broad SMARTS) is 1. The third-order valence-corrected chi connectivity index (χ3v) is 3.30. The standard InChI is InChI=1S/C12H11ClO4/c1-17-10-3-2-8(13)7-4-6(12(15)16)5-9(14)11(7)10/h2-3,6H,4-5H2,1H3,(H,15,16). The average Bonchev–Trinajstić information content (AvgIpc) is 2.30. The number of fused-ring (bicyclic) bond motifs is 1. The highest BCUT2D eigenvalue weighted by Gasteiger charge is 2.33. The molecular weight excluding hydrogens is 244 g/mol. The summed E-state index contributed by atoms with van der Waals surface area (Å²) in [5, 5.41) is 9.39. The molecule has 1 atom stereocenters. The molecule has 0 saturated carbocycles. The monoisotopic (exact) mass is 254 g/mol. The van der Waals surface area contributed by atoms with Crippen molar-refractivity contribution in [2.45, 2.75) is 12.8 Å². The number of halogens is 1. The van der Waals surface area contributed by atoms with Gasteiger partial charge in [-0.1, -0.05) is 11.6 Å². The summed E-state index contributed by atoms with van der Waals surface area (Å²) in [4.78, 5) is 22.9. The number of carbonyl (C=O) groups is 2. The van der Waals surface area contributed by atoms with E-state index in [-0.39, 0.29) is 18.6 Å². The summed E-state index contributed by atoms with van der Waals surface area (Å²) in [5.41, 5.74) is 1.01. The Morgan fingerprint density at radius 2 is 2.18 bits per heavy atom. The molecular formula is C12H11ClO4. The molecule has 0 amide bonds. The van der Waals surface area contributed by atoms with Gasteiger partial charge in [-0.3, -0.25) is 9.59 Å². The zero-order chi connectivity index (χ0) is 12.6. The molecule has 1 N–H and O–H groups in total. The van der Waals surface area contributed by atoms with Gasteiger partial charge in [-0.2, -0.15) is 0 Å². The Balaban J connectivity index is 2.54. The maximum Gasteiger partial charge on any atom is 0.307 e. The number of ether oxygens (including phenoxy) is 1. The highest BCUT2D eigenvalue weighted by Crippen LogP contribution is 2.36. The highest BCUT2D eigenvalue weighted by molar-refractivity contribution is 6.32. The zero-order valence-corrected chi connectivity index (χ0v) is 9.95. The van der Waals surface area contributed by atoms with Gasteiger partial charge in [0.1, 0.15) is 5.75 Å². The minimum atomic E-state index is -0.970. The molecule has 0 aromatic heterocycles. The summed E-state index contributed by atoms with van der Waals surface area (Å²) >= 11 is 6.01. The van der Waals surface area contributed by atoms with E-state index in [1.165, 1.54) is 7.11 Å². The summed E-state index contributed by atoms with van der Waals surface area (Å²) in [6.07, 6.45) is 0.269.